The molecule has 2 N–H and O–H groups in total. The predicted molar refractivity (Wildman–Crippen MR) is 96.3 cm³/mol. The van der Waals surface area contributed by atoms with Crippen LogP contribution in [0.15, 0.2) is 24.3 Å². The van der Waals surface area contributed by atoms with Crippen LogP contribution < -0.4 is 5.73 Å². The summed E-state index contributed by atoms with van der Waals surface area (Å²) in [5.41, 5.74) is 12.9. The van der Waals surface area contributed by atoms with Crippen molar-refractivity contribution in [1.82, 2.24) is 0 Å². The maximum Gasteiger partial charge on any atom is 0.102 e. The van der Waals surface area contributed by atoms with Crippen molar-refractivity contribution in [2.24, 2.45) is 0 Å². The van der Waals surface area contributed by atoms with Crippen LogP contribution in [0.3, 0.4) is 0 Å². The zero-order valence-corrected chi connectivity index (χ0v) is 14.0. The number of benzene rings is 2. The first-order chi connectivity index (χ1) is 11.7. The summed E-state index contributed by atoms with van der Waals surface area (Å²) in [5, 5.41) is 19.4. The molecule has 3 heteroatoms. The first kappa shape index (κ1) is 16.1. The van der Waals surface area contributed by atoms with E-state index in [-0.39, 0.29) is 0 Å². The molecule has 0 atom stereocenters. The lowest BCUT2D eigenvalue weighted by Gasteiger charge is -2.23. The highest BCUT2D eigenvalue weighted by Gasteiger charge is 2.24. The summed E-state index contributed by atoms with van der Waals surface area (Å²) in [4.78, 5) is 0. The van der Waals surface area contributed by atoms with E-state index in [2.05, 4.69) is 31.2 Å². The standard InChI is InChI=1S/C21H21N3/c1-14-8-6-7-9-15(14)20-17-11-5-3-2-4-10-16(17)18(12-22)21(24)19(20)13-23/h6-9H,2-5,10-11,24H2,1H3. The van der Waals surface area contributed by atoms with Crippen LogP contribution in [0, 0.1) is 29.6 Å². The summed E-state index contributed by atoms with van der Waals surface area (Å²) >= 11 is 0. The third kappa shape index (κ3) is 2.63. The molecular formula is C21H21N3. The molecule has 0 spiro atoms. The first-order valence-corrected chi connectivity index (χ1v) is 8.52. The molecule has 0 aliphatic heterocycles. The third-order valence-electron chi connectivity index (χ3n) is 5.00. The fourth-order valence-corrected chi connectivity index (χ4v) is 3.78. The number of aryl methyl sites for hydroxylation is 1. The Morgan fingerprint density at radius 2 is 1.50 bits per heavy atom. The van der Waals surface area contributed by atoms with E-state index < -0.39 is 0 Å². The van der Waals surface area contributed by atoms with Crippen molar-refractivity contribution >= 4 is 5.69 Å². The number of nitrogens with two attached hydrogens (primary N) is 1. The van der Waals surface area contributed by atoms with Gasteiger partial charge in [-0.25, -0.2) is 0 Å². The molecule has 0 heterocycles. The summed E-state index contributed by atoms with van der Waals surface area (Å²) in [6.07, 6.45) is 6.31. The highest BCUT2D eigenvalue weighted by Crippen LogP contribution is 2.40. The van der Waals surface area contributed by atoms with E-state index >= 15 is 0 Å². The summed E-state index contributed by atoms with van der Waals surface area (Å²) < 4.78 is 0. The van der Waals surface area contributed by atoms with E-state index in [9.17, 15) is 10.5 Å². The highest BCUT2D eigenvalue weighted by molar-refractivity contribution is 5.86. The molecule has 0 saturated heterocycles. The van der Waals surface area contributed by atoms with Gasteiger partial charge in [-0.2, -0.15) is 10.5 Å². The minimum Gasteiger partial charge on any atom is -0.397 e. The van der Waals surface area contributed by atoms with Gasteiger partial charge in [-0.15, -0.1) is 0 Å². The molecule has 2 aromatic rings. The number of hydrogen-bond donors (Lipinski definition) is 1. The minimum atomic E-state index is 0.345. The quantitative estimate of drug-likeness (QED) is 0.779. The van der Waals surface area contributed by atoms with Gasteiger partial charge in [0.25, 0.3) is 0 Å². The van der Waals surface area contributed by atoms with E-state index in [1.807, 2.05) is 12.1 Å². The van der Waals surface area contributed by atoms with Crippen LogP contribution in [0.4, 0.5) is 5.69 Å². The SMILES string of the molecule is Cc1ccccc1-c1c(C#N)c(N)c(C#N)c2c1CCCCCC2. The Labute approximate surface area is 143 Å². The number of rotatable bonds is 1. The lowest BCUT2D eigenvalue weighted by Crippen LogP contribution is -2.10. The van der Waals surface area contributed by atoms with Gasteiger partial charge in [0, 0.05) is 5.56 Å². The molecule has 120 valence electrons. The van der Waals surface area contributed by atoms with Gasteiger partial charge in [0.05, 0.1) is 16.8 Å². The van der Waals surface area contributed by atoms with Crippen molar-refractivity contribution in [3.05, 3.63) is 52.1 Å². The van der Waals surface area contributed by atoms with Crippen LogP contribution in [0.5, 0.6) is 0 Å². The highest BCUT2D eigenvalue weighted by atomic mass is 14.6. The van der Waals surface area contributed by atoms with Gasteiger partial charge in [0.1, 0.15) is 12.1 Å². The number of nitriles is 2. The van der Waals surface area contributed by atoms with Crippen molar-refractivity contribution in [3.8, 4) is 23.3 Å². The molecule has 0 amide bonds. The van der Waals surface area contributed by atoms with E-state index in [4.69, 9.17) is 5.73 Å². The Morgan fingerprint density at radius 1 is 0.875 bits per heavy atom. The molecule has 0 saturated carbocycles. The van der Waals surface area contributed by atoms with E-state index in [0.717, 1.165) is 53.5 Å². The maximum absolute atomic E-state index is 9.76. The predicted octanol–water partition coefficient (Wildman–Crippen LogP) is 4.65. The van der Waals surface area contributed by atoms with Crippen LogP contribution in [0.2, 0.25) is 0 Å². The van der Waals surface area contributed by atoms with Crippen molar-refractivity contribution in [2.75, 3.05) is 5.73 Å². The maximum atomic E-state index is 9.76. The van der Waals surface area contributed by atoms with Gasteiger partial charge in [-0.05, 0) is 54.9 Å². The number of hydrogen-bond acceptors (Lipinski definition) is 3. The number of anilines is 1. The second-order valence-electron chi connectivity index (χ2n) is 6.45. The Morgan fingerprint density at radius 3 is 2.12 bits per heavy atom. The normalized spacial score (nSPS) is 14.0. The summed E-state index contributed by atoms with van der Waals surface area (Å²) in [6.45, 7) is 2.06. The second kappa shape index (κ2) is 6.77. The monoisotopic (exact) mass is 315 g/mol. The van der Waals surface area contributed by atoms with Crippen LogP contribution in [-0.4, -0.2) is 0 Å². The lowest BCUT2D eigenvalue weighted by molar-refractivity contribution is 0.617. The van der Waals surface area contributed by atoms with Crippen LogP contribution >= 0.6 is 0 Å². The summed E-state index contributed by atoms with van der Waals surface area (Å²) in [6, 6.07) is 12.6. The molecule has 0 aromatic heterocycles. The molecular weight excluding hydrogens is 294 g/mol. The fourth-order valence-electron chi connectivity index (χ4n) is 3.78. The van der Waals surface area contributed by atoms with Gasteiger partial charge in [0.15, 0.2) is 0 Å². The Balaban J connectivity index is 2.41. The summed E-state index contributed by atoms with van der Waals surface area (Å²) in [5.74, 6) is 0. The molecule has 24 heavy (non-hydrogen) atoms. The van der Waals surface area contributed by atoms with Gasteiger partial charge in [-0.3, -0.25) is 0 Å². The zero-order valence-electron chi connectivity index (χ0n) is 14.0. The van der Waals surface area contributed by atoms with E-state index in [1.54, 1.807) is 0 Å². The molecule has 0 radical (unpaired) electrons. The Bertz CT molecular complexity index is 866. The van der Waals surface area contributed by atoms with Crippen LogP contribution in [0.1, 0.15) is 53.5 Å². The van der Waals surface area contributed by atoms with Crippen molar-refractivity contribution < 1.29 is 0 Å². The van der Waals surface area contributed by atoms with Crippen molar-refractivity contribution in [1.29, 1.82) is 10.5 Å². The van der Waals surface area contributed by atoms with E-state index in [1.165, 1.54) is 12.8 Å². The molecule has 1 aliphatic rings. The average Bonchev–Trinajstić information content (AvgIpc) is 2.56. The number of nitrogens with zero attached hydrogens (tertiary/aromatic N) is 2. The van der Waals surface area contributed by atoms with Crippen molar-refractivity contribution in [2.45, 2.75) is 45.4 Å². The molecule has 3 nitrogen and oxygen atoms in total. The Kier molecular flexibility index (Phi) is 4.54. The van der Waals surface area contributed by atoms with Gasteiger partial charge >= 0.3 is 0 Å². The van der Waals surface area contributed by atoms with Gasteiger partial charge in [-0.1, -0.05) is 37.1 Å². The van der Waals surface area contributed by atoms with Crippen LogP contribution in [-0.2, 0) is 12.8 Å². The third-order valence-corrected chi connectivity index (χ3v) is 5.00. The average molecular weight is 315 g/mol. The Hall–Kier alpha value is -2.78. The first-order valence-electron chi connectivity index (χ1n) is 8.52. The van der Waals surface area contributed by atoms with E-state index in [0.29, 0.717) is 16.8 Å². The molecule has 2 aromatic carbocycles. The lowest BCUT2D eigenvalue weighted by atomic mass is 9.80. The molecule has 3 rings (SSSR count). The largest absolute Gasteiger partial charge is 0.397 e. The molecule has 0 bridgehead atoms. The molecule has 0 fully saturated rings. The smallest absolute Gasteiger partial charge is 0.102 e. The van der Waals surface area contributed by atoms with Crippen molar-refractivity contribution in [3.63, 3.8) is 0 Å². The number of nitrogen functional groups attached to an aromatic ring is 1. The number of fused-ring (bicyclic) bond motifs is 1. The van der Waals surface area contributed by atoms with Gasteiger partial charge < -0.3 is 5.73 Å². The fraction of sp³-hybridized carbons (Fsp3) is 0.333. The van der Waals surface area contributed by atoms with Crippen LogP contribution in [0.25, 0.3) is 11.1 Å². The van der Waals surface area contributed by atoms with Gasteiger partial charge in [0.2, 0.25) is 0 Å². The molecule has 0 unspecified atom stereocenters. The molecule has 1 aliphatic carbocycles. The minimum absolute atomic E-state index is 0.345. The second-order valence-corrected chi connectivity index (χ2v) is 6.45. The summed E-state index contributed by atoms with van der Waals surface area (Å²) in [7, 11) is 0. The topological polar surface area (TPSA) is 73.6 Å². The zero-order chi connectivity index (χ0) is 17.1.